The number of aryl methyl sites for hydroxylation is 1. The van der Waals surface area contributed by atoms with Gasteiger partial charge >= 0.3 is 5.97 Å². The van der Waals surface area contributed by atoms with Crippen molar-refractivity contribution in [1.82, 2.24) is 14.8 Å². The lowest BCUT2D eigenvalue weighted by Crippen LogP contribution is -2.27. The molecule has 0 amide bonds. The van der Waals surface area contributed by atoms with Crippen LogP contribution in [0.15, 0.2) is 17.5 Å². The lowest BCUT2D eigenvalue weighted by Gasteiger charge is -2.20. The topological polar surface area (TPSA) is 57.0 Å². The highest BCUT2D eigenvalue weighted by Crippen LogP contribution is 2.25. The number of rotatable bonds is 3. The quantitative estimate of drug-likeness (QED) is 0.805. The van der Waals surface area contributed by atoms with E-state index in [4.69, 9.17) is 4.74 Å². The Morgan fingerprint density at radius 3 is 3.26 bits per heavy atom. The third-order valence-electron chi connectivity index (χ3n) is 3.30. The Balaban J connectivity index is 1.86. The fourth-order valence-corrected chi connectivity index (χ4v) is 3.10. The van der Waals surface area contributed by atoms with Crippen LogP contribution in [-0.4, -0.2) is 27.8 Å². The SMILES string of the molecule is COC(=O)C1CCCc2nc(Cc3cccs3)nn21. The summed E-state index contributed by atoms with van der Waals surface area (Å²) in [6.45, 7) is 0. The Bertz CT molecular complexity index is 577. The van der Waals surface area contributed by atoms with E-state index in [2.05, 4.69) is 16.1 Å². The average molecular weight is 277 g/mol. The molecule has 0 bridgehead atoms. The molecule has 6 heteroatoms. The third-order valence-corrected chi connectivity index (χ3v) is 4.18. The molecule has 1 atom stereocenters. The van der Waals surface area contributed by atoms with Gasteiger partial charge in [-0.25, -0.2) is 14.5 Å². The van der Waals surface area contributed by atoms with Crippen molar-refractivity contribution in [3.63, 3.8) is 0 Å². The first-order valence-electron chi connectivity index (χ1n) is 6.32. The van der Waals surface area contributed by atoms with Crippen molar-refractivity contribution in [2.24, 2.45) is 0 Å². The summed E-state index contributed by atoms with van der Waals surface area (Å²) in [5.41, 5.74) is 0. The molecule has 0 saturated carbocycles. The first-order valence-corrected chi connectivity index (χ1v) is 7.20. The Labute approximate surface area is 115 Å². The molecular formula is C13H15N3O2S. The van der Waals surface area contributed by atoms with Gasteiger partial charge in [-0.1, -0.05) is 6.07 Å². The lowest BCUT2D eigenvalue weighted by atomic mass is 10.1. The summed E-state index contributed by atoms with van der Waals surface area (Å²) in [7, 11) is 1.42. The normalized spacial score (nSPS) is 18.1. The van der Waals surface area contributed by atoms with Gasteiger partial charge in [0.25, 0.3) is 0 Å². The van der Waals surface area contributed by atoms with Crippen LogP contribution in [0.2, 0.25) is 0 Å². The van der Waals surface area contributed by atoms with Gasteiger partial charge in [-0.15, -0.1) is 11.3 Å². The largest absolute Gasteiger partial charge is 0.467 e. The van der Waals surface area contributed by atoms with E-state index in [0.29, 0.717) is 0 Å². The smallest absolute Gasteiger partial charge is 0.330 e. The molecule has 0 saturated heterocycles. The predicted molar refractivity (Wildman–Crippen MR) is 71.1 cm³/mol. The maximum absolute atomic E-state index is 11.7. The molecule has 0 spiro atoms. The van der Waals surface area contributed by atoms with Crippen LogP contribution in [0.3, 0.4) is 0 Å². The number of aromatic nitrogens is 3. The van der Waals surface area contributed by atoms with E-state index in [0.717, 1.165) is 37.3 Å². The summed E-state index contributed by atoms with van der Waals surface area (Å²) in [6, 6.07) is 3.79. The molecule has 0 fully saturated rings. The number of hydrogen-bond donors (Lipinski definition) is 0. The second-order valence-corrected chi connectivity index (χ2v) is 5.61. The van der Waals surface area contributed by atoms with Gasteiger partial charge in [0.05, 0.1) is 7.11 Å². The molecule has 1 unspecified atom stereocenters. The van der Waals surface area contributed by atoms with Crippen LogP contribution < -0.4 is 0 Å². The molecule has 1 aliphatic heterocycles. The van der Waals surface area contributed by atoms with Gasteiger partial charge in [-0.2, -0.15) is 5.10 Å². The van der Waals surface area contributed by atoms with Gasteiger partial charge in [-0.3, -0.25) is 0 Å². The van der Waals surface area contributed by atoms with Crippen molar-refractivity contribution in [3.05, 3.63) is 34.0 Å². The summed E-state index contributed by atoms with van der Waals surface area (Å²) < 4.78 is 6.58. The van der Waals surface area contributed by atoms with Crippen LogP contribution in [0.25, 0.3) is 0 Å². The van der Waals surface area contributed by atoms with Crippen LogP contribution in [0.1, 0.15) is 35.4 Å². The number of carbonyl (C=O) groups is 1. The first-order chi connectivity index (χ1) is 9.28. The van der Waals surface area contributed by atoms with E-state index in [1.807, 2.05) is 11.4 Å². The molecule has 5 nitrogen and oxygen atoms in total. The number of fused-ring (bicyclic) bond motifs is 1. The monoisotopic (exact) mass is 277 g/mol. The molecule has 19 heavy (non-hydrogen) atoms. The van der Waals surface area contributed by atoms with Crippen LogP contribution in [0.4, 0.5) is 0 Å². The summed E-state index contributed by atoms with van der Waals surface area (Å²) in [6.07, 6.45) is 3.34. The Morgan fingerprint density at radius 2 is 2.53 bits per heavy atom. The summed E-state index contributed by atoms with van der Waals surface area (Å²) >= 11 is 1.69. The van der Waals surface area contributed by atoms with E-state index in [1.54, 1.807) is 16.0 Å². The molecule has 3 heterocycles. The van der Waals surface area contributed by atoms with Crippen molar-refractivity contribution in [2.45, 2.75) is 31.7 Å². The highest BCUT2D eigenvalue weighted by molar-refractivity contribution is 7.09. The van der Waals surface area contributed by atoms with E-state index in [9.17, 15) is 4.79 Å². The number of methoxy groups -OCH3 is 1. The average Bonchev–Trinajstić information content (AvgIpc) is 3.06. The van der Waals surface area contributed by atoms with Gasteiger partial charge in [0, 0.05) is 17.7 Å². The van der Waals surface area contributed by atoms with Crippen LogP contribution in [0, 0.1) is 0 Å². The highest BCUT2D eigenvalue weighted by Gasteiger charge is 2.29. The number of esters is 1. The Kier molecular flexibility index (Phi) is 3.33. The molecule has 100 valence electrons. The lowest BCUT2D eigenvalue weighted by molar-refractivity contribution is -0.145. The van der Waals surface area contributed by atoms with E-state index in [-0.39, 0.29) is 12.0 Å². The molecule has 0 aromatic carbocycles. The standard InChI is InChI=1S/C13H15N3O2S/c1-18-13(17)10-5-2-6-12-14-11(15-16(10)12)8-9-4-3-7-19-9/h3-4,7,10H,2,5-6,8H2,1H3. The van der Waals surface area contributed by atoms with Crippen molar-refractivity contribution in [2.75, 3.05) is 7.11 Å². The van der Waals surface area contributed by atoms with Crippen molar-refractivity contribution in [1.29, 1.82) is 0 Å². The molecule has 1 aliphatic rings. The minimum atomic E-state index is -0.307. The van der Waals surface area contributed by atoms with Gasteiger partial charge in [0.1, 0.15) is 5.82 Å². The van der Waals surface area contributed by atoms with E-state index in [1.165, 1.54) is 12.0 Å². The number of carbonyl (C=O) groups excluding carboxylic acids is 1. The zero-order chi connectivity index (χ0) is 13.2. The maximum atomic E-state index is 11.7. The highest BCUT2D eigenvalue weighted by atomic mass is 32.1. The predicted octanol–water partition coefficient (Wildman–Crippen LogP) is 1.98. The van der Waals surface area contributed by atoms with Gasteiger partial charge in [-0.05, 0) is 24.3 Å². The van der Waals surface area contributed by atoms with Crippen LogP contribution in [-0.2, 0) is 22.4 Å². The van der Waals surface area contributed by atoms with E-state index < -0.39 is 0 Å². The van der Waals surface area contributed by atoms with Crippen molar-refractivity contribution < 1.29 is 9.53 Å². The fourth-order valence-electron chi connectivity index (χ4n) is 2.40. The maximum Gasteiger partial charge on any atom is 0.330 e. The molecule has 0 N–H and O–H groups in total. The third kappa shape index (κ3) is 2.40. The van der Waals surface area contributed by atoms with Gasteiger partial charge in [0.15, 0.2) is 11.9 Å². The minimum absolute atomic E-state index is 0.228. The Morgan fingerprint density at radius 1 is 1.63 bits per heavy atom. The second-order valence-electron chi connectivity index (χ2n) is 4.58. The summed E-state index contributed by atoms with van der Waals surface area (Å²) in [5, 5.41) is 6.53. The van der Waals surface area contributed by atoms with E-state index >= 15 is 0 Å². The Hall–Kier alpha value is -1.69. The van der Waals surface area contributed by atoms with Crippen LogP contribution >= 0.6 is 11.3 Å². The summed E-state index contributed by atoms with van der Waals surface area (Å²) in [4.78, 5) is 17.5. The van der Waals surface area contributed by atoms with Crippen molar-refractivity contribution >= 4 is 17.3 Å². The molecule has 2 aromatic heterocycles. The fraction of sp³-hybridized carbons (Fsp3) is 0.462. The molecule has 0 aliphatic carbocycles. The number of thiophene rings is 1. The van der Waals surface area contributed by atoms with Gasteiger partial charge < -0.3 is 4.74 Å². The van der Waals surface area contributed by atoms with Crippen LogP contribution in [0.5, 0.6) is 0 Å². The number of nitrogens with zero attached hydrogens (tertiary/aromatic N) is 3. The molecule has 2 aromatic rings. The molecule has 3 rings (SSSR count). The first kappa shape index (κ1) is 12.3. The molecule has 0 radical (unpaired) electrons. The zero-order valence-corrected chi connectivity index (χ0v) is 11.5. The number of hydrogen-bond acceptors (Lipinski definition) is 5. The van der Waals surface area contributed by atoms with Gasteiger partial charge in [0.2, 0.25) is 0 Å². The zero-order valence-electron chi connectivity index (χ0n) is 10.7. The van der Waals surface area contributed by atoms with Crippen molar-refractivity contribution in [3.8, 4) is 0 Å². The second kappa shape index (κ2) is 5.13. The summed E-state index contributed by atoms with van der Waals surface area (Å²) in [5.74, 6) is 1.45. The minimum Gasteiger partial charge on any atom is -0.467 e. The number of ether oxygens (including phenoxy) is 1. The molecular weight excluding hydrogens is 262 g/mol.